The molecule has 5 rings (SSSR count). The van der Waals surface area contributed by atoms with Crippen molar-refractivity contribution in [2.75, 3.05) is 28.3 Å². The van der Waals surface area contributed by atoms with E-state index in [4.69, 9.17) is 26.2 Å². The van der Waals surface area contributed by atoms with E-state index in [1.807, 2.05) is 25.2 Å². The Morgan fingerprint density at radius 2 is 1.55 bits per heavy atom. The van der Waals surface area contributed by atoms with Gasteiger partial charge in [0.15, 0.2) is 0 Å². The predicted octanol–water partition coefficient (Wildman–Crippen LogP) is 7.57. The average molecular weight is 776 g/mol. The number of alkyl halides is 3. The SMILES string of the molecule is CNC1CCC(N(Cc2cc(-c3ccc(S(=O)(=O)N(C)C)cc3)ccc2OC)C(=O)c2sc3c(F)ccc(F)c3c2Cl)CC1.O=C(O)C(F)(F)F. The number of rotatable bonds is 9. The first-order valence-electron chi connectivity index (χ1n) is 15.4. The van der Waals surface area contributed by atoms with Gasteiger partial charge >= 0.3 is 12.1 Å². The summed E-state index contributed by atoms with van der Waals surface area (Å²) in [6.07, 6.45) is -1.86. The average Bonchev–Trinajstić information content (AvgIpc) is 3.46. The molecule has 0 unspecified atom stereocenters. The molecule has 1 fully saturated rings. The summed E-state index contributed by atoms with van der Waals surface area (Å²) in [6, 6.07) is 14.5. The maximum Gasteiger partial charge on any atom is 0.490 e. The van der Waals surface area contributed by atoms with Crippen molar-refractivity contribution in [1.82, 2.24) is 14.5 Å². The number of hydrogen-bond donors (Lipinski definition) is 2. The van der Waals surface area contributed by atoms with Crippen LogP contribution in [-0.4, -0.2) is 81.1 Å². The number of nitrogens with one attached hydrogen (secondary N) is 1. The number of ether oxygens (including phenoxy) is 1. The van der Waals surface area contributed by atoms with Crippen molar-refractivity contribution in [1.29, 1.82) is 0 Å². The normalized spacial score (nSPS) is 16.5. The molecule has 2 N–H and O–H groups in total. The predicted molar refractivity (Wildman–Crippen MR) is 185 cm³/mol. The highest BCUT2D eigenvalue weighted by Crippen LogP contribution is 2.41. The van der Waals surface area contributed by atoms with Gasteiger partial charge in [-0.05, 0) is 80.3 Å². The Balaban J connectivity index is 0.000000755. The monoisotopic (exact) mass is 775 g/mol. The van der Waals surface area contributed by atoms with E-state index in [1.54, 1.807) is 36.3 Å². The zero-order valence-electron chi connectivity index (χ0n) is 27.9. The van der Waals surface area contributed by atoms with Gasteiger partial charge in [-0.25, -0.2) is 26.3 Å². The molecule has 0 spiro atoms. The number of nitrogens with zero attached hydrogens (tertiary/aromatic N) is 2. The van der Waals surface area contributed by atoms with E-state index in [0.717, 1.165) is 70.1 Å². The first-order chi connectivity index (χ1) is 23.9. The van der Waals surface area contributed by atoms with Gasteiger partial charge in [0.05, 0.1) is 27.1 Å². The number of aliphatic carboxylic acids is 1. The Morgan fingerprint density at radius 1 is 0.980 bits per heavy atom. The molecule has 1 aromatic heterocycles. The number of halogens is 6. The molecule has 9 nitrogen and oxygen atoms in total. The third-order valence-corrected chi connectivity index (χ3v) is 12.0. The van der Waals surface area contributed by atoms with Crippen molar-refractivity contribution in [2.24, 2.45) is 0 Å². The minimum absolute atomic E-state index is 0.0106. The lowest BCUT2D eigenvalue weighted by molar-refractivity contribution is -0.192. The summed E-state index contributed by atoms with van der Waals surface area (Å²) in [6.45, 7) is 0.174. The molecule has 1 heterocycles. The lowest BCUT2D eigenvalue weighted by atomic mass is 9.89. The van der Waals surface area contributed by atoms with Crippen molar-refractivity contribution in [3.8, 4) is 16.9 Å². The summed E-state index contributed by atoms with van der Waals surface area (Å²) in [5.74, 6) is -3.89. The fourth-order valence-corrected chi connectivity index (χ4v) is 8.11. The molecule has 0 bridgehead atoms. The molecule has 4 aromatic rings. The molecule has 17 heteroatoms. The van der Waals surface area contributed by atoms with Crippen LogP contribution in [0.4, 0.5) is 22.0 Å². The van der Waals surface area contributed by atoms with E-state index >= 15 is 0 Å². The lowest BCUT2D eigenvalue weighted by Gasteiger charge is -2.37. The maximum absolute atomic E-state index is 14.7. The van der Waals surface area contributed by atoms with Crippen molar-refractivity contribution in [2.45, 2.75) is 55.4 Å². The van der Waals surface area contributed by atoms with Gasteiger partial charge in [0, 0.05) is 38.3 Å². The third kappa shape index (κ3) is 8.98. The van der Waals surface area contributed by atoms with Crippen molar-refractivity contribution in [3.63, 3.8) is 0 Å². The van der Waals surface area contributed by atoms with Gasteiger partial charge in [-0.3, -0.25) is 4.79 Å². The number of carboxylic acids is 1. The number of carbonyl (C=O) groups is 2. The second-order valence-electron chi connectivity index (χ2n) is 11.8. The van der Waals surface area contributed by atoms with Crippen LogP contribution in [0.2, 0.25) is 5.02 Å². The second kappa shape index (κ2) is 16.2. The minimum Gasteiger partial charge on any atom is -0.496 e. The molecule has 1 amide bonds. The largest absolute Gasteiger partial charge is 0.496 e. The Morgan fingerprint density at radius 3 is 2.06 bits per heavy atom. The zero-order valence-corrected chi connectivity index (χ0v) is 30.2. The van der Waals surface area contributed by atoms with Crippen LogP contribution >= 0.6 is 22.9 Å². The van der Waals surface area contributed by atoms with Crippen LogP contribution in [0, 0.1) is 11.6 Å². The summed E-state index contributed by atoms with van der Waals surface area (Å²) >= 11 is 7.43. The Kier molecular flexibility index (Phi) is 12.7. The molecule has 0 aliphatic heterocycles. The Bertz CT molecular complexity index is 2000. The first kappa shape index (κ1) is 39.9. The third-order valence-electron chi connectivity index (χ3n) is 8.51. The second-order valence-corrected chi connectivity index (χ2v) is 15.4. The molecule has 1 aliphatic rings. The molecule has 276 valence electrons. The molecular weight excluding hydrogens is 741 g/mol. The van der Waals surface area contributed by atoms with E-state index in [0.29, 0.717) is 11.8 Å². The van der Waals surface area contributed by atoms with E-state index in [-0.39, 0.29) is 37.5 Å². The number of benzene rings is 3. The van der Waals surface area contributed by atoms with Crippen LogP contribution in [0.5, 0.6) is 5.75 Å². The molecule has 1 aliphatic carbocycles. The standard InChI is InChI=1S/C32H34ClF2N3O4S2.C2HF3O2/c1-36-22-8-10-23(11-9-22)38(32(39)31-29(33)28-25(34)14-15-26(35)30(28)43-31)18-21-17-20(7-16-27(21)42-4)19-5-12-24(13-6-19)44(40,41)37(2)3;3-2(4,5)1(6)7/h5-7,12-17,22-23,36H,8-11,18H2,1-4H3;(H,6,7). The van der Waals surface area contributed by atoms with Crippen LogP contribution < -0.4 is 10.1 Å². The summed E-state index contributed by atoms with van der Waals surface area (Å²) in [5, 5.41) is 10.3. The van der Waals surface area contributed by atoms with Crippen LogP contribution in [-0.2, 0) is 21.4 Å². The highest BCUT2D eigenvalue weighted by atomic mass is 35.5. The van der Waals surface area contributed by atoms with Crippen LogP contribution in [0.1, 0.15) is 40.9 Å². The van der Waals surface area contributed by atoms with Crippen molar-refractivity contribution < 1.29 is 49.8 Å². The minimum atomic E-state index is -5.08. The highest BCUT2D eigenvalue weighted by molar-refractivity contribution is 7.89. The van der Waals surface area contributed by atoms with Gasteiger partial charge in [0.25, 0.3) is 5.91 Å². The van der Waals surface area contributed by atoms with Crippen molar-refractivity contribution >= 4 is 54.9 Å². The van der Waals surface area contributed by atoms with Crippen molar-refractivity contribution in [3.05, 3.63) is 81.7 Å². The van der Waals surface area contributed by atoms with Crippen LogP contribution in [0.15, 0.2) is 59.5 Å². The number of methoxy groups -OCH3 is 1. The fraction of sp³-hybridized carbons (Fsp3) is 0.353. The molecular formula is C34H35ClF5N3O6S2. The molecule has 0 radical (unpaired) electrons. The van der Waals surface area contributed by atoms with E-state index < -0.39 is 39.7 Å². The van der Waals surface area contributed by atoms with Crippen LogP contribution in [0.25, 0.3) is 21.2 Å². The van der Waals surface area contributed by atoms with Gasteiger partial charge < -0.3 is 20.1 Å². The highest BCUT2D eigenvalue weighted by Gasteiger charge is 2.38. The zero-order chi connectivity index (χ0) is 37.8. The number of carbonyl (C=O) groups excluding carboxylic acids is 1. The van der Waals surface area contributed by atoms with Gasteiger partial charge in [-0.1, -0.05) is 29.8 Å². The Labute approximate surface area is 300 Å². The number of hydrogen-bond acceptors (Lipinski definition) is 7. The van der Waals surface area contributed by atoms with Gasteiger partial charge in [-0.2, -0.15) is 13.2 Å². The van der Waals surface area contributed by atoms with Gasteiger partial charge in [0.1, 0.15) is 22.3 Å². The van der Waals surface area contributed by atoms with E-state index in [9.17, 15) is 35.2 Å². The lowest BCUT2D eigenvalue weighted by Crippen LogP contribution is -2.44. The number of fused-ring (bicyclic) bond motifs is 1. The number of carboxylic acid groups (broad SMARTS) is 1. The van der Waals surface area contributed by atoms with Gasteiger partial charge in [0.2, 0.25) is 10.0 Å². The first-order valence-corrected chi connectivity index (χ1v) is 18.1. The van der Waals surface area contributed by atoms with Gasteiger partial charge in [-0.15, -0.1) is 11.3 Å². The number of sulfonamides is 1. The molecule has 51 heavy (non-hydrogen) atoms. The maximum atomic E-state index is 14.7. The summed E-state index contributed by atoms with van der Waals surface area (Å²) in [5.41, 5.74) is 2.33. The summed E-state index contributed by atoms with van der Waals surface area (Å²) in [7, 11) is 2.87. The number of amides is 1. The smallest absolute Gasteiger partial charge is 0.490 e. The van der Waals surface area contributed by atoms with E-state index in [1.165, 1.54) is 14.1 Å². The molecule has 1 saturated carbocycles. The fourth-order valence-electron chi connectivity index (χ4n) is 5.70. The topological polar surface area (TPSA) is 116 Å². The quantitative estimate of drug-likeness (QED) is 0.169. The van der Waals surface area contributed by atoms with E-state index in [2.05, 4.69) is 5.32 Å². The summed E-state index contributed by atoms with van der Waals surface area (Å²) in [4.78, 5) is 25.2. The molecule has 0 atom stereocenters. The Hall–Kier alpha value is -3.83. The molecule has 3 aromatic carbocycles. The number of thiophene rings is 1. The summed E-state index contributed by atoms with van der Waals surface area (Å²) < 4.78 is 93.0. The van der Waals surface area contributed by atoms with Crippen LogP contribution in [0.3, 0.4) is 0 Å². The molecule has 0 saturated heterocycles.